The van der Waals surface area contributed by atoms with Gasteiger partial charge in [0.25, 0.3) is 0 Å². The highest BCUT2D eigenvalue weighted by atomic mass is 35.5. The van der Waals surface area contributed by atoms with Crippen molar-refractivity contribution in [2.24, 2.45) is 11.7 Å². The number of rotatable bonds is 4. The summed E-state index contributed by atoms with van der Waals surface area (Å²) in [4.78, 5) is 0. The van der Waals surface area contributed by atoms with E-state index in [4.69, 9.17) is 17.3 Å². The van der Waals surface area contributed by atoms with E-state index in [1.54, 1.807) is 0 Å². The first kappa shape index (κ1) is 12.3. The van der Waals surface area contributed by atoms with Crippen molar-refractivity contribution in [3.8, 4) is 0 Å². The molecule has 0 aromatic heterocycles. The zero-order chi connectivity index (χ0) is 11.4. The predicted octanol–water partition coefficient (Wildman–Crippen LogP) is 2.96. The number of aryl methyl sites for hydroxylation is 2. The normalized spacial score (nSPS) is 12.6. The van der Waals surface area contributed by atoms with Gasteiger partial charge in [-0.2, -0.15) is 0 Å². The molecule has 0 amide bonds. The van der Waals surface area contributed by atoms with Crippen LogP contribution in [0.3, 0.4) is 0 Å². The summed E-state index contributed by atoms with van der Waals surface area (Å²) in [5.41, 5.74) is 8.97. The fourth-order valence-corrected chi connectivity index (χ4v) is 1.89. The molecular weight excluding hydrogens is 208 g/mol. The van der Waals surface area contributed by atoms with Crippen molar-refractivity contribution in [2.75, 3.05) is 18.4 Å². The Bertz CT molecular complexity index is 313. The Morgan fingerprint density at radius 3 is 2.60 bits per heavy atom. The van der Waals surface area contributed by atoms with Gasteiger partial charge in [0.05, 0.1) is 10.7 Å². The summed E-state index contributed by atoms with van der Waals surface area (Å²) in [6.45, 7) is 7.78. The summed E-state index contributed by atoms with van der Waals surface area (Å²) >= 11 is 6.17. The Labute approximate surface area is 96.8 Å². The van der Waals surface area contributed by atoms with E-state index in [1.165, 1.54) is 11.1 Å². The number of nitrogens with one attached hydrogen (secondary N) is 1. The molecule has 2 nitrogen and oxygen atoms in total. The fraction of sp³-hybridized carbons (Fsp3) is 0.500. The molecule has 1 rings (SSSR count). The number of hydrogen-bond donors (Lipinski definition) is 2. The van der Waals surface area contributed by atoms with Gasteiger partial charge in [0.15, 0.2) is 0 Å². The lowest BCUT2D eigenvalue weighted by atomic mass is 10.1. The van der Waals surface area contributed by atoms with Crippen LogP contribution < -0.4 is 11.1 Å². The minimum absolute atomic E-state index is 0.460. The maximum Gasteiger partial charge on any atom is 0.0642 e. The highest BCUT2D eigenvalue weighted by Crippen LogP contribution is 2.27. The van der Waals surface area contributed by atoms with E-state index in [0.29, 0.717) is 12.5 Å². The average molecular weight is 227 g/mol. The van der Waals surface area contributed by atoms with Gasteiger partial charge in [0, 0.05) is 6.54 Å². The van der Waals surface area contributed by atoms with Gasteiger partial charge in [-0.15, -0.1) is 0 Å². The van der Waals surface area contributed by atoms with E-state index in [1.807, 2.05) is 13.0 Å². The molecule has 1 unspecified atom stereocenters. The maximum absolute atomic E-state index is 6.17. The van der Waals surface area contributed by atoms with Gasteiger partial charge in [0.2, 0.25) is 0 Å². The molecule has 0 spiro atoms. The molecule has 15 heavy (non-hydrogen) atoms. The van der Waals surface area contributed by atoms with Crippen LogP contribution in [0.1, 0.15) is 18.1 Å². The van der Waals surface area contributed by atoms with Crippen molar-refractivity contribution < 1.29 is 0 Å². The van der Waals surface area contributed by atoms with Crippen LogP contribution in [0.4, 0.5) is 5.69 Å². The van der Waals surface area contributed by atoms with Crippen molar-refractivity contribution >= 4 is 17.3 Å². The monoisotopic (exact) mass is 226 g/mol. The fourth-order valence-electron chi connectivity index (χ4n) is 1.50. The number of hydrogen-bond acceptors (Lipinski definition) is 2. The number of benzene rings is 1. The van der Waals surface area contributed by atoms with Crippen LogP contribution in [-0.2, 0) is 0 Å². The third-order valence-electron chi connectivity index (χ3n) is 2.46. The van der Waals surface area contributed by atoms with Crippen molar-refractivity contribution in [3.63, 3.8) is 0 Å². The molecule has 1 aromatic carbocycles. The molecule has 0 aliphatic heterocycles. The second kappa shape index (κ2) is 5.38. The largest absolute Gasteiger partial charge is 0.383 e. The zero-order valence-corrected chi connectivity index (χ0v) is 10.4. The molecule has 1 aromatic rings. The van der Waals surface area contributed by atoms with Gasteiger partial charge >= 0.3 is 0 Å². The minimum atomic E-state index is 0.460. The molecule has 3 heteroatoms. The van der Waals surface area contributed by atoms with Crippen LogP contribution >= 0.6 is 11.6 Å². The van der Waals surface area contributed by atoms with Crippen LogP contribution in [0.25, 0.3) is 0 Å². The van der Waals surface area contributed by atoms with Crippen LogP contribution in [0.2, 0.25) is 5.02 Å². The predicted molar refractivity (Wildman–Crippen MR) is 67.6 cm³/mol. The van der Waals surface area contributed by atoms with E-state index < -0.39 is 0 Å². The second-order valence-electron chi connectivity index (χ2n) is 4.16. The van der Waals surface area contributed by atoms with Crippen molar-refractivity contribution in [1.29, 1.82) is 0 Å². The molecule has 3 N–H and O–H groups in total. The van der Waals surface area contributed by atoms with Gasteiger partial charge in [0.1, 0.15) is 0 Å². The Kier molecular flexibility index (Phi) is 4.43. The Balaban J connectivity index is 2.77. The van der Waals surface area contributed by atoms with Gasteiger partial charge < -0.3 is 11.1 Å². The Hall–Kier alpha value is -0.730. The summed E-state index contributed by atoms with van der Waals surface area (Å²) in [7, 11) is 0. The Morgan fingerprint density at radius 1 is 1.40 bits per heavy atom. The van der Waals surface area contributed by atoms with Crippen LogP contribution in [-0.4, -0.2) is 13.1 Å². The lowest BCUT2D eigenvalue weighted by Crippen LogP contribution is -2.20. The molecule has 0 saturated carbocycles. The smallest absolute Gasteiger partial charge is 0.0642 e. The SMILES string of the molecule is Cc1cc(C)c(NCC(C)CN)c(Cl)c1. The summed E-state index contributed by atoms with van der Waals surface area (Å²) < 4.78 is 0. The van der Waals surface area contributed by atoms with Gasteiger partial charge in [-0.25, -0.2) is 0 Å². The van der Waals surface area contributed by atoms with Crippen molar-refractivity contribution in [1.82, 2.24) is 0 Å². The molecule has 0 bridgehead atoms. The first-order valence-electron chi connectivity index (χ1n) is 5.25. The van der Waals surface area contributed by atoms with Gasteiger partial charge in [-0.1, -0.05) is 24.6 Å². The molecule has 84 valence electrons. The third kappa shape index (κ3) is 3.40. The van der Waals surface area contributed by atoms with Crippen LogP contribution in [0.5, 0.6) is 0 Å². The standard InChI is InChI=1S/C12H19ClN2/c1-8-4-10(3)12(11(13)5-8)15-7-9(2)6-14/h4-5,9,15H,6-7,14H2,1-3H3. The van der Waals surface area contributed by atoms with Crippen LogP contribution in [0.15, 0.2) is 12.1 Å². The van der Waals surface area contributed by atoms with Gasteiger partial charge in [-0.3, -0.25) is 0 Å². The number of nitrogens with two attached hydrogens (primary N) is 1. The second-order valence-corrected chi connectivity index (χ2v) is 4.57. The summed E-state index contributed by atoms with van der Waals surface area (Å²) in [5.74, 6) is 0.460. The maximum atomic E-state index is 6.17. The molecule has 0 saturated heterocycles. The first-order chi connectivity index (χ1) is 7.04. The summed E-state index contributed by atoms with van der Waals surface area (Å²) in [6.07, 6.45) is 0. The molecule has 1 atom stereocenters. The molecule has 0 aliphatic rings. The highest BCUT2D eigenvalue weighted by Gasteiger charge is 2.06. The summed E-state index contributed by atoms with van der Waals surface area (Å²) in [6, 6.07) is 4.10. The van der Waals surface area contributed by atoms with Gasteiger partial charge in [-0.05, 0) is 43.5 Å². The number of halogens is 1. The van der Waals surface area contributed by atoms with E-state index in [9.17, 15) is 0 Å². The zero-order valence-electron chi connectivity index (χ0n) is 9.60. The molecule has 0 radical (unpaired) electrons. The summed E-state index contributed by atoms with van der Waals surface area (Å²) in [5, 5.41) is 4.14. The third-order valence-corrected chi connectivity index (χ3v) is 2.76. The van der Waals surface area contributed by atoms with E-state index in [2.05, 4.69) is 25.2 Å². The molecule has 0 aliphatic carbocycles. The minimum Gasteiger partial charge on any atom is -0.383 e. The number of anilines is 1. The van der Waals surface area contributed by atoms with E-state index in [0.717, 1.165) is 17.3 Å². The van der Waals surface area contributed by atoms with Crippen LogP contribution in [0, 0.1) is 19.8 Å². The molecular formula is C12H19ClN2. The lowest BCUT2D eigenvalue weighted by molar-refractivity contribution is 0.628. The Morgan fingerprint density at radius 2 is 2.07 bits per heavy atom. The molecule has 0 fully saturated rings. The molecule has 0 heterocycles. The van der Waals surface area contributed by atoms with E-state index in [-0.39, 0.29) is 0 Å². The topological polar surface area (TPSA) is 38.0 Å². The lowest BCUT2D eigenvalue weighted by Gasteiger charge is -2.15. The highest BCUT2D eigenvalue weighted by molar-refractivity contribution is 6.33. The van der Waals surface area contributed by atoms with Crippen molar-refractivity contribution in [3.05, 3.63) is 28.3 Å². The van der Waals surface area contributed by atoms with E-state index >= 15 is 0 Å². The van der Waals surface area contributed by atoms with Crippen molar-refractivity contribution in [2.45, 2.75) is 20.8 Å². The average Bonchev–Trinajstić information content (AvgIpc) is 2.15. The quantitative estimate of drug-likeness (QED) is 0.829. The first-order valence-corrected chi connectivity index (χ1v) is 5.63.